The molecule has 100 valence electrons. The van der Waals surface area contributed by atoms with Crippen LogP contribution in [-0.2, 0) is 6.54 Å². The van der Waals surface area contributed by atoms with Gasteiger partial charge in [0.1, 0.15) is 5.82 Å². The number of nitrogens with zero attached hydrogens (tertiary/aromatic N) is 4. The molecule has 0 aliphatic carbocycles. The minimum absolute atomic E-state index is 0.586. The van der Waals surface area contributed by atoms with Gasteiger partial charge in [-0.25, -0.2) is 4.98 Å². The van der Waals surface area contributed by atoms with Crippen LogP contribution >= 0.6 is 0 Å². The highest BCUT2D eigenvalue weighted by Gasteiger charge is 2.23. The molecule has 1 aromatic rings. The predicted octanol–water partition coefficient (Wildman–Crippen LogP) is 0.726. The molecular formula is C13H23N5. The van der Waals surface area contributed by atoms with Crippen molar-refractivity contribution in [3.8, 4) is 0 Å². The molecule has 1 aliphatic heterocycles. The average Bonchev–Trinajstić information content (AvgIpc) is 2.40. The van der Waals surface area contributed by atoms with Crippen molar-refractivity contribution in [2.45, 2.75) is 26.4 Å². The van der Waals surface area contributed by atoms with Gasteiger partial charge in [-0.3, -0.25) is 9.88 Å². The third-order valence-corrected chi connectivity index (χ3v) is 3.54. The number of anilines is 1. The van der Waals surface area contributed by atoms with Crippen molar-refractivity contribution in [3.63, 3.8) is 0 Å². The zero-order valence-corrected chi connectivity index (χ0v) is 11.6. The molecule has 1 saturated heterocycles. The molecule has 18 heavy (non-hydrogen) atoms. The van der Waals surface area contributed by atoms with Crippen molar-refractivity contribution < 1.29 is 0 Å². The van der Waals surface area contributed by atoms with Crippen LogP contribution in [0.1, 0.15) is 19.5 Å². The van der Waals surface area contributed by atoms with Crippen LogP contribution in [0.25, 0.3) is 0 Å². The van der Waals surface area contributed by atoms with Crippen LogP contribution in [0.4, 0.5) is 5.82 Å². The van der Waals surface area contributed by atoms with Crippen molar-refractivity contribution in [1.82, 2.24) is 20.2 Å². The fourth-order valence-electron chi connectivity index (χ4n) is 2.46. The minimum Gasteiger partial charge on any atom is -0.353 e. The van der Waals surface area contributed by atoms with E-state index in [4.69, 9.17) is 0 Å². The molecule has 1 aliphatic rings. The summed E-state index contributed by atoms with van der Waals surface area (Å²) in [6.07, 6.45) is 3.75. The second-order valence-corrected chi connectivity index (χ2v) is 4.82. The zero-order chi connectivity index (χ0) is 13.0. The number of piperazine rings is 1. The lowest BCUT2D eigenvalue weighted by atomic mass is 10.2. The lowest BCUT2D eigenvalue weighted by Crippen LogP contribution is -2.52. The molecule has 0 radical (unpaired) electrons. The summed E-state index contributed by atoms with van der Waals surface area (Å²) >= 11 is 0. The van der Waals surface area contributed by atoms with Crippen molar-refractivity contribution >= 4 is 5.82 Å². The van der Waals surface area contributed by atoms with E-state index in [1.54, 1.807) is 0 Å². The first-order valence-corrected chi connectivity index (χ1v) is 6.69. The number of hydrogen-bond donors (Lipinski definition) is 1. The van der Waals surface area contributed by atoms with Gasteiger partial charge in [0.2, 0.25) is 0 Å². The van der Waals surface area contributed by atoms with E-state index >= 15 is 0 Å². The maximum absolute atomic E-state index is 4.51. The van der Waals surface area contributed by atoms with E-state index in [9.17, 15) is 0 Å². The summed E-state index contributed by atoms with van der Waals surface area (Å²) in [5, 5.41) is 3.08. The first kappa shape index (κ1) is 13.2. The standard InChI is InChI=1S/C13H23N5/c1-4-17-5-6-18(10-11(17)2)13-9-15-12(7-14-3)8-16-13/h8-9,11,14H,4-7,10H2,1-3H3. The molecule has 0 bridgehead atoms. The van der Waals surface area contributed by atoms with Crippen LogP contribution in [0, 0.1) is 0 Å². The van der Waals surface area contributed by atoms with E-state index < -0.39 is 0 Å². The van der Waals surface area contributed by atoms with Gasteiger partial charge >= 0.3 is 0 Å². The van der Waals surface area contributed by atoms with Gasteiger partial charge in [-0.1, -0.05) is 6.92 Å². The van der Waals surface area contributed by atoms with Gasteiger partial charge in [0, 0.05) is 32.2 Å². The molecule has 1 N–H and O–H groups in total. The lowest BCUT2D eigenvalue weighted by Gasteiger charge is -2.39. The van der Waals surface area contributed by atoms with Crippen molar-refractivity contribution in [2.75, 3.05) is 38.1 Å². The fraction of sp³-hybridized carbons (Fsp3) is 0.692. The molecule has 1 atom stereocenters. The fourth-order valence-corrected chi connectivity index (χ4v) is 2.46. The second-order valence-electron chi connectivity index (χ2n) is 4.82. The minimum atomic E-state index is 0.586. The average molecular weight is 249 g/mol. The molecule has 2 rings (SSSR count). The van der Waals surface area contributed by atoms with Crippen LogP contribution < -0.4 is 10.2 Å². The van der Waals surface area contributed by atoms with E-state index in [2.05, 4.69) is 38.9 Å². The number of aromatic nitrogens is 2. The third kappa shape index (κ3) is 2.97. The predicted molar refractivity (Wildman–Crippen MR) is 73.7 cm³/mol. The molecule has 1 unspecified atom stereocenters. The zero-order valence-electron chi connectivity index (χ0n) is 11.6. The van der Waals surface area contributed by atoms with E-state index in [1.807, 2.05) is 19.4 Å². The van der Waals surface area contributed by atoms with Gasteiger partial charge < -0.3 is 10.2 Å². The summed E-state index contributed by atoms with van der Waals surface area (Å²) < 4.78 is 0. The Kier molecular flexibility index (Phi) is 4.49. The normalized spacial score (nSPS) is 21.3. The van der Waals surface area contributed by atoms with Gasteiger partial charge in [0.25, 0.3) is 0 Å². The van der Waals surface area contributed by atoms with E-state index in [0.29, 0.717) is 6.04 Å². The van der Waals surface area contributed by atoms with Crippen LogP contribution in [0.3, 0.4) is 0 Å². The largest absolute Gasteiger partial charge is 0.353 e. The Bertz CT molecular complexity index is 364. The summed E-state index contributed by atoms with van der Waals surface area (Å²) in [6.45, 7) is 9.58. The van der Waals surface area contributed by atoms with Crippen LogP contribution in [0.5, 0.6) is 0 Å². The van der Waals surface area contributed by atoms with E-state index in [0.717, 1.165) is 44.2 Å². The monoisotopic (exact) mass is 249 g/mol. The van der Waals surface area contributed by atoms with Gasteiger partial charge in [0.15, 0.2) is 0 Å². The summed E-state index contributed by atoms with van der Waals surface area (Å²) in [7, 11) is 1.92. The Hall–Kier alpha value is -1.20. The summed E-state index contributed by atoms with van der Waals surface area (Å²) in [6, 6.07) is 0.586. The Morgan fingerprint density at radius 1 is 1.33 bits per heavy atom. The maximum Gasteiger partial charge on any atom is 0.147 e. The molecule has 2 heterocycles. The summed E-state index contributed by atoms with van der Waals surface area (Å²) in [5.41, 5.74) is 0.987. The molecule has 5 nitrogen and oxygen atoms in total. The van der Waals surface area contributed by atoms with Crippen molar-refractivity contribution in [1.29, 1.82) is 0 Å². The quantitative estimate of drug-likeness (QED) is 0.852. The third-order valence-electron chi connectivity index (χ3n) is 3.54. The molecule has 0 aromatic carbocycles. The Morgan fingerprint density at radius 3 is 2.72 bits per heavy atom. The van der Waals surface area contributed by atoms with Crippen LogP contribution in [0.2, 0.25) is 0 Å². The SMILES string of the molecule is CCN1CCN(c2cnc(CNC)cn2)CC1C. The summed E-state index contributed by atoms with van der Waals surface area (Å²) in [4.78, 5) is 13.8. The first-order chi connectivity index (χ1) is 8.74. The lowest BCUT2D eigenvalue weighted by molar-refractivity contribution is 0.199. The highest BCUT2D eigenvalue weighted by atomic mass is 15.3. The Labute approximate surface area is 109 Å². The van der Waals surface area contributed by atoms with Gasteiger partial charge in [0.05, 0.1) is 18.1 Å². The first-order valence-electron chi connectivity index (χ1n) is 6.69. The number of likely N-dealkylation sites (N-methyl/N-ethyl adjacent to an activating group) is 1. The smallest absolute Gasteiger partial charge is 0.147 e. The van der Waals surface area contributed by atoms with Gasteiger partial charge in [-0.05, 0) is 20.5 Å². The number of nitrogens with one attached hydrogen (secondary N) is 1. The molecule has 0 amide bonds. The van der Waals surface area contributed by atoms with Crippen LogP contribution in [0.15, 0.2) is 12.4 Å². The molecule has 1 fully saturated rings. The van der Waals surface area contributed by atoms with Crippen molar-refractivity contribution in [2.24, 2.45) is 0 Å². The van der Waals surface area contributed by atoms with E-state index in [1.165, 1.54) is 0 Å². The molecule has 0 spiro atoms. The highest BCUT2D eigenvalue weighted by molar-refractivity contribution is 5.36. The van der Waals surface area contributed by atoms with Gasteiger partial charge in [-0.2, -0.15) is 0 Å². The number of hydrogen-bond acceptors (Lipinski definition) is 5. The van der Waals surface area contributed by atoms with E-state index in [-0.39, 0.29) is 0 Å². The molecule has 1 aromatic heterocycles. The Morgan fingerprint density at radius 2 is 2.17 bits per heavy atom. The van der Waals surface area contributed by atoms with Crippen molar-refractivity contribution in [3.05, 3.63) is 18.1 Å². The second kappa shape index (κ2) is 6.11. The number of rotatable bonds is 4. The Balaban J connectivity index is 1.99. The van der Waals surface area contributed by atoms with Gasteiger partial charge in [-0.15, -0.1) is 0 Å². The molecule has 5 heteroatoms. The molecule has 0 saturated carbocycles. The highest BCUT2D eigenvalue weighted by Crippen LogP contribution is 2.15. The molecular weight excluding hydrogens is 226 g/mol. The van der Waals surface area contributed by atoms with Crippen LogP contribution in [-0.4, -0.2) is 54.1 Å². The summed E-state index contributed by atoms with van der Waals surface area (Å²) in [5.74, 6) is 0.998. The maximum atomic E-state index is 4.51. The topological polar surface area (TPSA) is 44.3 Å².